The summed E-state index contributed by atoms with van der Waals surface area (Å²) in [5.41, 5.74) is 0.692. The quantitative estimate of drug-likeness (QED) is 0.759. The molecule has 2 heterocycles. The minimum atomic E-state index is -0.285. The molecule has 0 aliphatic carbocycles. The molecule has 0 aliphatic rings. The van der Waals surface area contributed by atoms with Gasteiger partial charge in [0.1, 0.15) is 17.0 Å². The summed E-state index contributed by atoms with van der Waals surface area (Å²) in [5.74, 6) is 0.479. The molecule has 9 heteroatoms. The highest BCUT2D eigenvalue weighted by molar-refractivity contribution is 9.10. The number of hydrogen-bond acceptors (Lipinski definition) is 6. The van der Waals surface area contributed by atoms with E-state index in [-0.39, 0.29) is 6.03 Å². The first kappa shape index (κ1) is 15.9. The lowest BCUT2D eigenvalue weighted by molar-refractivity contribution is 0.143. The number of carbonyl (C=O) groups excluding carboxylic acids is 1. The first-order valence-corrected chi connectivity index (χ1v) is 7.88. The molecule has 2 amide bonds. The summed E-state index contributed by atoms with van der Waals surface area (Å²) in [5, 5.41) is 5.80. The Bertz CT molecular complexity index is 634. The van der Waals surface area contributed by atoms with Gasteiger partial charge in [0.15, 0.2) is 5.13 Å². The lowest BCUT2D eigenvalue weighted by Gasteiger charge is -2.05. The molecule has 2 aromatic rings. The van der Waals surface area contributed by atoms with E-state index in [0.29, 0.717) is 45.6 Å². The van der Waals surface area contributed by atoms with Crippen LogP contribution in [0.1, 0.15) is 6.92 Å². The fourth-order valence-electron chi connectivity index (χ4n) is 1.50. The van der Waals surface area contributed by atoms with Gasteiger partial charge in [-0.25, -0.2) is 9.78 Å². The number of fused-ring (bicyclic) bond motifs is 1. The van der Waals surface area contributed by atoms with Crippen molar-refractivity contribution in [1.29, 1.82) is 0 Å². The standard InChI is InChI=1S/C12H15BrN4O3S/c1-3-14-11(18)17-12-15-8-6-7(13)9(16-10(8)21-12)20-5-4-19-2/h6H,3-5H2,1-2H3,(H2,14,15,17,18). The predicted molar refractivity (Wildman–Crippen MR) is 85.2 cm³/mol. The normalized spacial score (nSPS) is 10.6. The van der Waals surface area contributed by atoms with Crippen molar-refractivity contribution in [3.8, 4) is 5.88 Å². The highest BCUT2D eigenvalue weighted by Gasteiger charge is 2.12. The Balaban J connectivity index is 2.16. The number of halogens is 1. The Morgan fingerprint density at radius 3 is 2.95 bits per heavy atom. The minimum Gasteiger partial charge on any atom is -0.474 e. The first-order chi connectivity index (χ1) is 10.1. The van der Waals surface area contributed by atoms with Gasteiger partial charge in [0.05, 0.1) is 11.1 Å². The molecular weight excluding hydrogens is 360 g/mol. The van der Waals surface area contributed by atoms with E-state index in [1.54, 1.807) is 7.11 Å². The fraction of sp³-hybridized carbons (Fsp3) is 0.417. The number of hydrogen-bond donors (Lipinski definition) is 2. The van der Waals surface area contributed by atoms with Gasteiger partial charge >= 0.3 is 6.03 Å². The van der Waals surface area contributed by atoms with E-state index in [4.69, 9.17) is 9.47 Å². The number of methoxy groups -OCH3 is 1. The van der Waals surface area contributed by atoms with Crippen LogP contribution in [-0.2, 0) is 4.74 Å². The lowest BCUT2D eigenvalue weighted by Crippen LogP contribution is -2.28. The number of amides is 2. The van der Waals surface area contributed by atoms with Crippen molar-refractivity contribution in [1.82, 2.24) is 15.3 Å². The Kier molecular flexibility index (Phi) is 5.71. The largest absolute Gasteiger partial charge is 0.474 e. The van der Waals surface area contributed by atoms with E-state index in [1.807, 2.05) is 13.0 Å². The van der Waals surface area contributed by atoms with Crippen molar-refractivity contribution in [3.63, 3.8) is 0 Å². The van der Waals surface area contributed by atoms with Crippen LogP contribution in [0.5, 0.6) is 5.88 Å². The predicted octanol–water partition coefficient (Wildman–Crippen LogP) is 2.62. The highest BCUT2D eigenvalue weighted by atomic mass is 79.9. The van der Waals surface area contributed by atoms with Crippen LogP contribution in [0.15, 0.2) is 10.5 Å². The number of pyridine rings is 1. The zero-order chi connectivity index (χ0) is 15.2. The third kappa shape index (κ3) is 4.26. The van der Waals surface area contributed by atoms with E-state index in [0.717, 1.165) is 0 Å². The summed E-state index contributed by atoms with van der Waals surface area (Å²) in [4.78, 5) is 20.9. The number of urea groups is 1. The van der Waals surface area contributed by atoms with Crippen LogP contribution in [0.4, 0.5) is 9.93 Å². The molecule has 7 nitrogen and oxygen atoms in total. The molecule has 114 valence electrons. The summed E-state index contributed by atoms with van der Waals surface area (Å²) in [6.45, 7) is 3.30. The third-order valence-corrected chi connectivity index (χ3v) is 3.84. The van der Waals surface area contributed by atoms with E-state index in [1.165, 1.54) is 11.3 Å². The molecule has 2 N–H and O–H groups in total. The number of aromatic nitrogens is 2. The topological polar surface area (TPSA) is 85.4 Å². The summed E-state index contributed by atoms with van der Waals surface area (Å²) >= 11 is 4.68. The summed E-state index contributed by atoms with van der Waals surface area (Å²) < 4.78 is 11.1. The zero-order valence-electron chi connectivity index (χ0n) is 11.6. The number of rotatable bonds is 6. The van der Waals surface area contributed by atoms with Crippen molar-refractivity contribution < 1.29 is 14.3 Å². The second kappa shape index (κ2) is 7.53. The van der Waals surface area contributed by atoms with E-state index < -0.39 is 0 Å². The van der Waals surface area contributed by atoms with Crippen LogP contribution >= 0.6 is 27.3 Å². The van der Waals surface area contributed by atoms with Crippen LogP contribution in [0, 0.1) is 0 Å². The Morgan fingerprint density at radius 1 is 1.43 bits per heavy atom. The van der Waals surface area contributed by atoms with Crippen LogP contribution in [0.3, 0.4) is 0 Å². The van der Waals surface area contributed by atoms with Crippen molar-refractivity contribution in [3.05, 3.63) is 10.5 Å². The van der Waals surface area contributed by atoms with Crippen molar-refractivity contribution in [2.75, 3.05) is 32.2 Å². The second-order valence-corrected chi connectivity index (χ2v) is 5.78. The molecular formula is C12H15BrN4O3S. The molecule has 0 bridgehead atoms. The van der Waals surface area contributed by atoms with Crippen molar-refractivity contribution >= 4 is 48.8 Å². The summed E-state index contributed by atoms with van der Waals surface area (Å²) in [6.07, 6.45) is 0. The van der Waals surface area contributed by atoms with Gasteiger partial charge in [-0.15, -0.1) is 0 Å². The molecule has 2 rings (SSSR count). The van der Waals surface area contributed by atoms with Gasteiger partial charge in [-0.3, -0.25) is 5.32 Å². The van der Waals surface area contributed by atoms with E-state index in [2.05, 4.69) is 36.5 Å². The Morgan fingerprint density at radius 2 is 2.24 bits per heavy atom. The molecule has 0 atom stereocenters. The molecule has 0 unspecified atom stereocenters. The van der Waals surface area contributed by atoms with E-state index in [9.17, 15) is 4.79 Å². The van der Waals surface area contributed by atoms with Crippen LogP contribution in [0.25, 0.3) is 10.3 Å². The number of carbonyl (C=O) groups is 1. The van der Waals surface area contributed by atoms with Gasteiger partial charge < -0.3 is 14.8 Å². The maximum atomic E-state index is 11.5. The summed E-state index contributed by atoms with van der Waals surface area (Å²) in [6, 6.07) is 1.52. The molecule has 21 heavy (non-hydrogen) atoms. The molecule has 2 aromatic heterocycles. The minimum absolute atomic E-state index is 0.285. The SMILES string of the molecule is CCNC(=O)Nc1nc2cc(Br)c(OCCOC)nc2s1. The maximum Gasteiger partial charge on any atom is 0.321 e. The van der Waals surface area contributed by atoms with Crippen molar-refractivity contribution in [2.45, 2.75) is 6.92 Å². The smallest absolute Gasteiger partial charge is 0.321 e. The zero-order valence-corrected chi connectivity index (χ0v) is 14.0. The molecule has 0 saturated carbocycles. The van der Waals surface area contributed by atoms with Crippen LogP contribution < -0.4 is 15.4 Å². The van der Waals surface area contributed by atoms with Gasteiger partial charge in [-0.2, -0.15) is 4.98 Å². The van der Waals surface area contributed by atoms with Gasteiger partial charge in [0, 0.05) is 13.7 Å². The Labute approximate surface area is 134 Å². The fourth-order valence-corrected chi connectivity index (χ4v) is 2.73. The molecule has 0 saturated heterocycles. The third-order valence-electron chi connectivity index (χ3n) is 2.39. The molecule has 0 radical (unpaired) electrons. The van der Waals surface area contributed by atoms with E-state index >= 15 is 0 Å². The molecule has 0 aliphatic heterocycles. The number of anilines is 1. The summed E-state index contributed by atoms with van der Waals surface area (Å²) in [7, 11) is 1.61. The van der Waals surface area contributed by atoms with Gasteiger partial charge in [-0.05, 0) is 28.9 Å². The second-order valence-electron chi connectivity index (χ2n) is 3.94. The van der Waals surface area contributed by atoms with Crippen LogP contribution in [-0.4, -0.2) is 42.9 Å². The highest BCUT2D eigenvalue weighted by Crippen LogP contribution is 2.31. The van der Waals surface area contributed by atoms with Gasteiger partial charge in [0.2, 0.25) is 5.88 Å². The lowest BCUT2D eigenvalue weighted by atomic mass is 10.4. The van der Waals surface area contributed by atoms with Crippen molar-refractivity contribution in [2.24, 2.45) is 0 Å². The number of ether oxygens (including phenoxy) is 2. The number of thiazole rings is 1. The molecule has 0 spiro atoms. The number of nitrogens with one attached hydrogen (secondary N) is 2. The Hall–Kier alpha value is -1.45. The van der Waals surface area contributed by atoms with Crippen LogP contribution in [0.2, 0.25) is 0 Å². The average molecular weight is 375 g/mol. The number of nitrogens with zero attached hydrogens (tertiary/aromatic N) is 2. The van der Waals surface area contributed by atoms with Gasteiger partial charge in [0.25, 0.3) is 0 Å². The first-order valence-electron chi connectivity index (χ1n) is 6.27. The molecule has 0 fully saturated rings. The maximum absolute atomic E-state index is 11.5. The molecule has 0 aromatic carbocycles. The monoisotopic (exact) mass is 374 g/mol. The van der Waals surface area contributed by atoms with Gasteiger partial charge in [-0.1, -0.05) is 11.3 Å². The average Bonchev–Trinajstić information content (AvgIpc) is 2.80.